The average molecular weight is 352 g/mol. The lowest BCUT2D eigenvalue weighted by molar-refractivity contribution is -0.120. The standard InChI is InChI=1S/C17H18ClNO3S/c1-17(2,12-7-9-13(18)10-8-12)16(20)19-14-5-4-6-15(11-14)23(3,21)22/h4-11H,1-3H3,(H,19,20). The van der Waals surface area contributed by atoms with Gasteiger partial charge in [0.1, 0.15) is 0 Å². The molecule has 1 amide bonds. The number of sulfone groups is 1. The average Bonchev–Trinajstić information content (AvgIpc) is 2.47. The molecule has 2 aromatic carbocycles. The van der Waals surface area contributed by atoms with E-state index in [0.717, 1.165) is 11.8 Å². The summed E-state index contributed by atoms with van der Waals surface area (Å²) in [5.74, 6) is -0.231. The number of amides is 1. The van der Waals surface area contributed by atoms with Crippen LogP contribution in [0.3, 0.4) is 0 Å². The van der Waals surface area contributed by atoms with E-state index in [4.69, 9.17) is 11.6 Å². The zero-order chi connectivity index (χ0) is 17.3. The molecule has 0 heterocycles. The molecule has 122 valence electrons. The van der Waals surface area contributed by atoms with E-state index >= 15 is 0 Å². The summed E-state index contributed by atoms with van der Waals surface area (Å²) in [6.45, 7) is 3.60. The molecule has 0 aliphatic carbocycles. The summed E-state index contributed by atoms with van der Waals surface area (Å²) < 4.78 is 23.2. The van der Waals surface area contributed by atoms with Crippen LogP contribution >= 0.6 is 11.6 Å². The summed E-state index contributed by atoms with van der Waals surface area (Å²) in [5, 5.41) is 3.37. The summed E-state index contributed by atoms with van der Waals surface area (Å²) >= 11 is 5.87. The maximum Gasteiger partial charge on any atom is 0.234 e. The minimum atomic E-state index is -3.32. The Balaban J connectivity index is 2.26. The molecule has 1 N–H and O–H groups in total. The fraction of sp³-hybridized carbons (Fsp3) is 0.235. The van der Waals surface area contributed by atoms with E-state index in [2.05, 4.69) is 5.32 Å². The van der Waals surface area contributed by atoms with E-state index in [1.54, 1.807) is 50.2 Å². The first kappa shape index (κ1) is 17.5. The van der Waals surface area contributed by atoms with E-state index in [1.165, 1.54) is 12.1 Å². The molecule has 0 saturated carbocycles. The molecule has 0 radical (unpaired) electrons. The van der Waals surface area contributed by atoms with Crippen LogP contribution in [0.15, 0.2) is 53.4 Å². The third kappa shape index (κ3) is 4.12. The quantitative estimate of drug-likeness (QED) is 0.914. The Labute approximate surface area is 141 Å². The van der Waals surface area contributed by atoms with E-state index in [1.807, 2.05) is 0 Å². The number of carbonyl (C=O) groups is 1. The molecule has 0 aliphatic heterocycles. The number of benzene rings is 2. The molecule has 0 atom stereocenters. The highest BCUT2D eigenvalue weighted by molar-refractivity contribution is 7.90. The van der Waals surface area contributed by atoms with Crippen molar-refractivity contribution in [1.29, 1.82) is 0 Å². The van der Waals surface area contributed by atoms with E-state index < -0.39 is 15.3 Å². The summed E-state index contributed by atoms with van der Waals surface area (Å²) in [5.41, 5.74) is 0.477. The molecule has 0 saturated heterocycles. The number of hydrogen-bond acceptors (Lipinski definition) is 3. The highest BCUT2D eigenvalue weighted by Gasteiger charge is 2.29. The summed E-state index contributed by atoms with van der Waals surface area (Å²) in [6, 6.07) is 13.3. The van der Waals surface area contributed by atoms with Gasteiger partial charge in [0.2, 0.25) is 5.91 Å². The second-order valence-electron chi connectivity index (χ2n) is 5.89. The number of nitrogens with one attached hydrogen (secondary N) is 1. The van der Waals surface area contributed by atoms with Crippen molar-refractivity contribution < 1.29 is 13.2 Å². The molecule has 2 aromatic rings. The lowest BCUT2D eigenvalue weighted by atomic mass is 9.83. The lowest BCUT2D eigenvalue weighted by Gasteiger charge is -2.24. The van der Waals surface area contributed by atoms with Crippen LogP contribution in [0.5, 0.6) is 0 Å². The van der Waals surface area contributed by atoms with Gasteiger partial charge in [-0.3, -0.25) is 4.79 Å². The van der Waals surface area contributed by atoms with Crippen molar-refractivity contribution in [3.8, 4) is 0 Å². The summed E-state index contributed by atoms with van der Waals surface area (Å²) in [4.78, 5) is 12.8. The van der Waals surface area contributed by atoms with Gasteiger partial charge in [0.05, 0.1) is 10.3 Å². The molecule has 0 spiro atoms. The third-order valence-electron chi connectivity index (χ3n) is 3.65. The van der Waals surface area contributed by atoms with Gasteiger partial charge in [-0.1, -0.05) is 29.8 Å². The SMILES string of the molecule is CC(C)(C(=O)Nc1cccc(S(C)(=O)=O)c1)c1ccc(Cl)cc1. The van der Waals surface area contributed by atoms with E-state index in [9.17, 15) is 13.2 Å². The Hall–Kier alpha value is -1.85. The van der Waals surface area contributed by atoms with Gasteiger partial charge in [-0.15, -0.1) is 0 Å². The molecule has 23 heavy (non-hydrogen) atoms. The van der Waals surface area contributed by atoms with Crippen LogP contribution in [-0.2, 0) is 20.0 Å². The van der Waals surface area contributed by atoms with Crippen molar-refractivity contribution in [2.45, 2.75) is 24.2 Å². The fourth-order valence-corrected chi connectivity index (χ4v) is 2.88. The van der Waals surface area contributed by atoms with Crippen LogP contribution in [-0.4, -0.2) is 20.6 Å². The molecular formula is C17H18ClNO3S. The molecule has 0 unspecified atom stereocenters. The Kier molecular flexibility index (Phi) is 4.82. The van der Waals surface area contributed by atoms with Crippen LogP contribution in [0.4, 0.5) is 5.69 Å². The molecule has 0 bridgehead atoms. The van der Waals surface area contributed by atoms with Gasteiger partial charge < -0.3 is 5.32 Å². The maximum absolute atomic E-state index is 12.6. The second-order valence-corrected chi connectivity index (χ2v) is 8.34. The highest BCUT2D eigenvalue weighted by Crippen LogP contribution is 2.27. The summed E-state index contributed by atoms with van der Waals surface area (Å²) in [7, 11) is -3.32. The molecule has 2 rings (SSSR count). The number of rotatable bonds is 4. The molecule has 0 fully saturated rings. The topological polar surface area (TPSA) is 63.2 Å². The van der Waals surface area contributed by atoms with Crippen molar-refractivity contribution >= 4 is 33.0 Å². The van der Waals surface area contributed by atoms with Crippen LogP contribution in [0.2, 0.25) is 5.02 Å². The van der Waals surface area contributed by atoms with Crippen LogP contribution < -0.4 is 5.32 Å². The zero-order valence-electron chi connectivity index (χ0n) is 13.1. The largest absolute Gasteiger partial charge is 0.325 e. The van der Waals surface area contributed by atoms with Gasteiger partial charge >= 0.3 is 0 Å². The Morgan fingerprint density at radius 2 is 1.70 bits per heavy atom. The first-order valence-electron chi connectivity index (χ1n) is 6.98. The predicted octanol–water partition coefficient (Wildman–Crippen LogP) is 3.66. The normalized spacial score (nSPS) is 12.0. The minimum absolute atomic E-state index is 0.166. The monoisotopic (exact) mass is 351 g/mol. The van der Waals surface area contributed by atoms with E-state index in [0.29, 0.717) is 10.7 Å². The number of carbonyl (C=O) groups excluding carboxylic acids is 1. The smallest absolute Gasteiger partial charge is 0.234 e. The van der Waals surface area contributed by atoms with Gasteiger partial charge in [-0.05, 0) is 49.7 Å². The predicted molar refractivity (Wildman–Crippen MR) is 92.7 cm³/mol. The van der Waals surface area contributed by atoms with Gasteiger partial charge in [-0.2, -0.15) is 0 Å². The molecule has 6 heteroatoms. The van der Waals surface area contributed by atoms with Gasteiger partial charge in [0.15, 0.2) is 9.84 Å². The number of halogens is 1. The maximum atomic E-state index is 12.6. The van der Waals surface area contributed by atoms with Gasteiger partial charge in [-0.25, -0.2) is 8.42 Å². The zero-order valence-corrected chi connectivity index (χ0v) is 14.7. The minimum Gasteiger partial charge on any atom is -0.325 e. The number of anilines is 1. The highest BCUT2D eigenvalue weighted by atomic mass is 35.5. The Bertz CT molecular complexity index is 827. The van der Waals surface area contributed by atoms with Crippen molar-refractivity contribution in [3.05, 3.63) is 59.1 Å². The number of hydrogen-bond donors (Lipinski definition) is 1. The third-order valence-corrected chi connectivity index (χ3v) is 5.02. The van der Waals surface area contributed by atoms with E-state index in [-0.39, 0.29) is 10.8 Å². The molecule has 0 aliphatic rings. The molecule has 0 aromatic heterocycles. The summed E-state index contributed by atoms with van der Waals surface area (Å²) in [6.07, 6.45) is 1.13. The second kappa shape index (κ2) is 6.34. The lowest BCUT2D eigenvalue weighted by Crippen LogP contribution is -2.34. The van der Waals surface area contributed by atoms with Crippen LogP contribution in [0.25, 0.3) is 0 Å². The van der Waals surface area contributed by atoms with Gasteiger partial charge in [0, 0.05) is 17.0 Å². The Morgan fingerprint density at radius 3 is 2.26 bits per heavy atom. The van der Waals surface area contributed by atoms with Crippen molar-refractivity contribution in [2.75, 3.05) is 11.6 Å². The first-order valence-corrected chi connectivity index (χ1v) is 9.25. The van der Waals surface area contributed by atoms with Crippen molar-refractivity contribution in [3.63, 3.8) is 0 Å². The van der Waals surface area contributed by atoms with Crippen LogP contribution in [0.1, 0.15) is 19.4 Å². The molecular weight excluding hydrogens is 334 g/mol. The molecule has 4 nitrogen and oxygen atoms in total. The first-order chi connectivity index (χ1) is 10.6. The van der Waals surface area contributed by atoms with Crippen LogP contribution in [0, 0.1) is 0 Å². The van der Waals surface area contributed by atoms with Gasteiger partial charge in [0.25, 0.3) is 0 Å². The van der Waals surface area contributed by atoms with Crippen molar-refractivity contribution in [2.24, 2.45) is 0 Å². The fourth-order valence-electron chi connectivity index (χ4n) is 2.09. The Morgan fingerprint density at radius 1 is 1.09 bits per heavy atom. The van der Waals surface area contributed by atoms with Crippen molar-refractivity contribution in [1.82, 2.24) is 0 Å².